The summed E-state index contributed by atoms with van der Waals surface area (Å²) in [6, 6.07) is 15.2. The van der Waals surface area contributed by atoms with Gasteiger partial charge in [0.1, 0.15) is 11.6 Å². The van der Waals surface area contributed by atoms with Gasteiger partial charge in [-0.05, 0) is 55.0 Å². The number of hydrogen-bond acceptors (Lipinski definition) is 8. The quantitative estimate of drug-likeness (QED) is 0.315. The van der Waals surface area contributed by atoms with E-state index >= 15 is 0 Å². The lowest BCUT2D eigenvalue weighted by Crippen LogP contribution is -2.51. The molecule has 3 amide bonds. The Labute approximate surface area is 254 Å². The van der Waals surface area contributed by atoms with Gasteiger partial charge in [0.15, 0.2) is 5.65 Å². The average Bonchev–Trinajstić information content (AvgIpc) is 3.47. The number of nitrogens with zero attached hydrogens (tertiary/aromatic N) is 6. The second-order valence-electron chi connectivity index (χ2n) is 10.6. The van der Waals surface area contributed by atoms with Crippen molar-refractivity contribution in [1.82, 2.24) is 29.7 Å². The van der Waals surface area contributed by atoms with Gasteiger partial charge in [0.25, 0.3) is 5.91 Å². The largest absolute Gasteiger partial charge is 0.492 e. The van der Waals surface area contributed by atoms with E-state index in [0.717, 1.165) is 11.3 Å². The highest BCUT2D eigenvalue weighted by molar-refractivity contribution is 5.95. The molecule has 6 rings (SSSR count). The highest BCUT2D eigenvalue weighted by Crippen LogP contribution is 2.29. The van der Waals surface area contributed by atoms with Crippen LogP contribution in [0.25, 0.3) is 5.65 Å². The number of pyridine rings is 1. The van der Waals surface area contributed by atoms with Crippen molar-refractivity contribution < 1.29 is 23.5 Å². The summed E-state index contributed by atoms with van der Waals surface area (Å²) in [5.41, 5.74) is 3.71. The smallest absolute Gasteiger partial charge is 0.317 e. The fourth-order valence-electron chi connectivity index (χ4n) is 5.27. The Morgan fingerprint density at radius 1 is 0.955 bits per heavy atom. The van der Waals surface area contributed by atoms with Gasteiger partial charge in [0, 0.05) is 51.4 Å². The Kier molecular flexibility index (Phi) is 8.73. The highest BCUT2D eigenvalue weighted by atomic mass is 19.1. The Morgan fingerprint density at radius 2 is 1.73 bits per heavy atom. The van der Waals surface area contributed by atoms with Gasteiger partial charge in [-0.3, -0.25) is 4.79 Å². The van der Waals surface area contributed by atoms with Crippen molar-refractivity contribution in [2.75, 3.05) is 69.3 Å². The highest BCUT2D eigenvalue weighted by Gasteiger charge is 2.23. The molecule has 44 heavy (non-hydrogen) atoms. The molecule has 0 spiro atoms. The van der Waals surface area contributed by atoms with E-state index in [1.807, 2.05) is 31.3 Å². The number of aromatic nitrogens is 3. The normalized spacial score (nSPS) is 15.4. The molecular weight excluding hydrogens is 567 g/mol. The number of halogens is 1. The van der Waals surface area contributed by atoms with E-state index in [1.165, 1.54) is 12.1 Å². The lowest BCUT2D eigenvalue weighted by atomic mass is 10.1. The molecule has 0 atom stereocenters. The van der Waals surface area contributed by atoms with Crippen LogP contribution in [0.4, 0.5) is 26.5 Å². The number of amides is 3. The number of ether oxygens (including phenoxy) is 2. The van der Waals surface area contributed by atoms with E-state index in [-0.39, 0.29) is 17.8 Å². The number of anilines is 3. The van der Waals surface area contributed by atoms with E-state index in [4.69, 9.17) is 9.47 Å². The molecule has 2 aliphatic rings. The Balaban J connectivity index is 1.08. The predicted octanol–water partition coefficient (Wildman–Crippen LogP) is 3.51. The zero-order valence-corrected chi connectivity index (χ0v) is 24.5. The van der Waals surface area contributed by atoms with Crippen LogP contribution in [0.5, 0.6) is 5.75 Å². The molecule has 13 heteroatoms. The van der Waals surface area contributed by atoms with E-state index in [9.17, 15) is 14.0 Å². The number of rotatable bonds is 8. The summed E-state index contributed by atoms with van der Waals surface area (Å²) in [5.74, 6) is 0.599. The van der Waals surface area contributed by atoms with Crippen LogP contribution in [0.1, 0.15) is 22.8 Å². The van der Waals surface area contributed by atoms with Crippen LogP contribution in [0, 0.1) is 5.82 Å². The van der Waals surface area contributed by atoms with Crippen molar-refractivity contribution in [1.29, 1.82) is 0 Å². The van der Waals surface area contributed by atoms with E-state index in [1.54, 1.807) is 38.6 Å². The third-order valence-electron chi connectivity index (χ3n) is 7.68. The van der Waals surface area contributed by atoms with Crippen LogP contribution in [-0.2, 0) is 11.3 Å². The first kappa shape index (κ1) is 29.2. The number of urea groups is 1. The van der Waals surface area contributed by atoms with Crippen LogP contribution in [0.15, 0.2) is 60.8 Å². The predicted molar refractivity (Wildman–Crippen MR) is 163 cm³/mol. The fraction of sp³-hybridized carbons (Fsp3) is 0.355. The summed E-state index contributed by atoms with van der Waals surface area (Å²) >= 11 is 0. The topological polar surface area (TPSA) is 117 Å². The summed E-state index contributed by atoms with van der Waals surface area (Å²) < 4.78 is 26.1. The maximum Gasteiger partial charge on any atom is 0.317 e. The number of piperazine rings is 1. The Morgan fingerprint density at radius 3 is 2.48 bits per heavy atom. The lowest BCUT2D eigenvalue weighted by molar-refractivity contribution is 0.0302. The van der Waals surface area contributed by atoms with Gasteiger partial charge in [-0.2, -0.15) is 4.98 Å². The van der Waals surface area contributed by atoms with Crippen LogP contribution in [0.3, 0.4) is 0 Å². The van der Waals surface area contributed by atoms with E-state index in [2.05, 4.69) is 25.6 Å². The summed E-state index contributed by atoms with van der Waals surface area (Å²) in [4.78, 5) is 36.0. The molecule has 2 aliphatic heterocycles. The number of hydrogen-bond donors (Lipinski definition) is 2. The molecule has 2 N–H and O–H groups in total. The first-order valence-electron chi connectivity index (χ1n) is 14.8. The average molecular weight is 603 g/mol. The van der Waals surface area contributed by atoms with Crippen molar-refractivity contribution in [3.63, 3.8) is 0 Å². The van der Waals surface area contributed by atoms with Gasteiger partial charge in [-0.15, -0.1) is 5.10 Å². The van der Waals surface area contributed by atoms with Crippen molar-refractivity contribution in [2.24, 2.45) is 0 Å². The number of fused-ring (bicyclic) bond motifs is 1. The van der Waals surface area contributed by atoms with E-state index in [0.29, 0.717) is 94.2 Å². The first-order chi connectivity index (χ1) is 21.5. The molecule has 0 saturated carbocycles. The fourth-order valence-corrected chi connectivity index (χ4v) is 5.27. The first-order valence-corrected chi connectivity index (χ1v) is 14.8. The molecule has 0 unspecified atom stereocenters. The van der Waals surface area contributed by atoms with E-state index < -0.39 is 0 Å². The molecule has 2 fully saturated rings. The lowest BCUT2D eigenvalue weighted by Gasteiger charge is -2.36. The molecule has 2 aromatic carbocycles. The summed E-state index contributed by atoms with van der Waals surface area (Å²) in [6.45, 7) is 7.38. The van der Waals surface area contributed by atoms with Gasteiger partial charge in [-0.25, -0.2) is 13.7 Å². The molecule has 4 aromatic rings. The van der Waals surface area contributed by atoms with Crippen LogP contribution >= 0.6 is 0 Å². The van der Waals surface area contributed by atoms with Gasteiger partial charge in [0.05, 0.1) is 37.4 Å². The molecule has 0 bridgehead atoms. The van der Waals surface area contributed by atoms with Crippen molar-refractivity contribution in [3.8, 4) is 5.75 Å². The number of morpholine rings is 1. The van der Waals surface area contributed by atoms with Crippen molar-refractivity contribution in [2.45, 2.75) is 13.5 Å². The number of nitrogens with one attached hydrogen (secondary N) is 2. The second-order valence-corrected chi connectivity index (χ2v) is 10.6. The maximum atomic E-state index is 13.1. The third kappa shape index (κ3) is 6.67. The molecule has 2 saturated heterocycles. The minimum Gasteiger partial charge on any atom is -0.492 e. The van der Waals surface area contributed by atoms with Crippen LogP contribution in [0.2, 0.25) is 0 Å². The number of carbonyl (C=O) groups is 2. The van der Waals surface area contributed by atoms with Gasteiger partial charge in [-0.1, -0.05) is 12.1 Å². The summed E-state index contributed by atoms with van der Waals surface area (Å²) in [7, 11) is 0. The zero-order valence-electron chi connectivity index (χ0n) is 24.5. The minimum absolute atomic E-state index is 0.0503. The monoisotopic (exact) mass is 602 g/mol. The Hall–Kier alpha value is -4.91. The van der Waals surface area contributed by atoms with Crippen molar-refractivity contribution in [3.05, 3.63) is 77.7 Å². The van der Waals surface area contributed by atoms with Gasteiger partial charge < -0.3 is 34.8 Å². The maximum absolute atomic E-state index is 13.1. The second kappa shape index (κ2) is 13.2. The van der Waals surface area contributed by atoms with Crippen LogP contribution < -0.4 is 20.3 Å². The van der Waals surface area contributed by atoms with Gasteiger partial charge >= 0.3 is 6.03 Å². The molecular formula is C31H35FN8O4. The summed E-state index contributed by atoms with van der Waals surface area (Å²) in [5, 5.41) is 10.8. The molecule has 4 heterocycles. The van der Waals surface area contributed by atoms with Crippen molar-refractivity contribution >= 4 is 34.9 Å². The third-order valence-corrected chi connectivity index (χ3v) is 7.68. The molecule has 230 valence electrons. The summed E-state index contributed by atoms with van der Waals surface area (Å²) in [6.07, 6.45) is 1.92. The standard InChI is InChI=1S/C31H35FN8O4/c1-2-44-27-19-23(29(41)38-15-17-43-18-16-38)5-9-26(27)34-30-35-28-10-8-25(21-40(28)36-30)37-11-13-39(14-12-37)31(42)33-20-22-3-6-24(32)7-4-22/h3-10,19,21H,2,11-18,20H2,1H3,(H,33,42)(H,34,36). The minimum atomic E-state index is -0.299. The molecule has 12 nitrogen and oxygen atoms in total. The van der Waals surface area contributed by atoms with Crippen LogP contribution in [-0.4, -0.2) is 95.4 Å². The molecule has 0 aliphatic carbocycles. The molecule has 0 radical (unpaired) electrons. The Bertz CT molecular complexity index is 1610. The van der Waals surface area contributed by atoms with Gasteiger partial charge in [0.2, 0.25) is 5.95 Å². The molecule has 2 aromatic heterocycles. The number of benzene rings is 2. The SMILES string of the molecule is CCOc1cc(C(=O)N2CCOCC2)ccc1Nc1nc2ccc(N3CCN(C(=O)NCc4ccc(F)cc4)CC3)cn2n1. The number of carbonyl (C=O) groups excluding carboxylic acids is 2. The zero-order chi connectivity index (χ0) is 30.5.